The number of furan rings is 1. The Morgan fingerprint density at radius 1 is 1.10 bits per heavy atom. The van der Waals surface area contributed by atoms with Crippen LogP contribution in [0.4, 0.5) is 5.69 Å². The molecule has 2 aliphatic rings. The average Bonchev–Trinajstić information content (AvgIpc) is 3.35. The average molecular weight is 415 g/mol. The molecule has 0 fully saturated rings. The predicted octanol–water partition coefficient (Wildman–Crippen LogP) is 4.51. The van der Waals surface area contributed by atoms with Gasteiger partial charge in [-0.15, -0.1) is 0 Å². The summed E-state index contributed by atoms with van der Waals surface area (Å²) in [5.41, 5.74) is 1.46. The lowest BCUT2D eigenvalue weighted by Gasteiger charge is -2.24. The van der Waals surface area contributed by atoms with E-state index in [1.54, 1.807) is 35.2 Å². The number of nitrogens with one attached hydrogen (secondary N) is 1. The second-order valence-electron chi connectivity index (χ2n) is 6.56. The van der Waals surface area contributed by atoms with Crippen molar-refractivity contribution >= 4 is 46.4 Å². The summed E-state index contributed by atoms with van der Waals surface area (Å²) < 4.78 is 5.78. The van der Waals surface area contributed by atoms with Crippen molar-refractivity contribution in [3.8, 4) is 11.3 Å². The van der Waals surface area contributed by atoms with Gasteiger partial charge in [-0.2, -0.15) is 4.99 Å². The van der Waals surface area contributed by atoms with Crippen molar-refractivity contribution in [2.75, 3.05) is 4.90 Å². The van der Waals surface area contributed by atoms with Gasteiger partial charge >= 0.3 is 5.97 Å². The lowest BCUT2D eigenvalue weighted by atomic mass is 10.1. The zero-order chi connectivity index (χ0) is 20.8. The normalized spacial score (nSPS) is 16.5. The van der Waals surface area contributed by atoms with Crippen molar-refractivity contribution < 1.29 is 19.1 Å². The molecule has 3 aromatic rings. The highest BCUT2D eigenvalue weighted by Crippen LogP contribution is 2.42. The lowest BCUT2D eigenvalue weighted by Crippen LogP contribution is -2.39. The van der Waals surface area contributed by atoms with E-state index in [2.05, 4.69) is 4.99 Å². The van der Waals surface area contributed by atoms with Crippen LogP contribution in [0.25, 0.3) is 17.4 Å². The summed E-state index contributed by atoms with van der Waals surface area (Å²) >= 11 is 1.35. The molecule has 146 valence electrons. The fourth-order valence-corrected chi connectivity index (χ4v) is 4.38. The summed E-state index contributed by atoms with van der Waals surface area (Å²) in [6.07, 6.45) is 1.46. The number of benzene rings is 2. The van der Waals surface area contributed by atoms with Gasteiger partial charge in [0.1, 0.15) is 17.4 Å². The van der Waals surface area contributed by atoms with Gasteiger partial charge in [0.2, 0.25) is 0 Å². The fourth-order valence-electron chi connectivity index (χ4n) is 3.36. The van der Waals surface area contributed by atoms with E-state index in [9.17, 15) is 14.7 Å². The number of carboxylic acid groups (broad SMARTS) is 1. The molecule has 0 unspecified atom stereocenters. The Hall–Kier alpha value is -3.91. The van der Waals surface area contributed by atoms with Gasteiger partial charge in [-0.1, -0.05) is 30.3 Å². The Balaban J connectivity index is 1.52. The first-order valence-electron chi connectivity index (χ1n) is 8.96. The molecule has 5 rings (SSSR count). The molecule has 2 aliphatic heterocycles. The summed E-state index contributed by atoms with van der Waals surface area (Å²) in [6, 6.07) is 17.3. The number of carboxylic acids is 1. The largest absolute Gasteiger partial charge is 0.478 e. The number of anilines is 1. The number of carbonyl (C=O) groups is 2. The molecule has 2 aromatic carbocycles. The molecular formula is C22H13N3O4S. The molecular weight excluding hydrogens is 402 g/mol. The number of aromatic carboxylic acids is 1. The number of aliphatic imine (C=N–C) groups is 1. The smallest absolute Gasteiger partial charge is 0.336 e. The highest BCUT2D eigenvalue weighted by molar-refractivity contribution is 8.15. The molecule has 7 nitrogen and oxygen atoms in total. The van der Waals surface area contributed by atoms with Gasteiger partial charge in [-0.3, -0.25) is 15.1 Å². The first-order chi connectivity index (χ1) is 14.5. The third-order valence-electron chi connectivity index (χ3n) is 4.74. The van der Waals surface area contributed by atoms with Gasteiger partial charge in [0.15, 0.2) is 5.17 Å². The third-order valence-corrected chi connectivity index (χ3v) is 5.76. The van der Waals surface area contributed by atoms with Gasteiger partial charge in [0.25, 0.3) is 5.91 Å². The monoisotopic (exact) mass is 415 g/mol. The first kappa shape index (κ1) is 18.1. The van der Waals surface area contributed by atoms with E-state index in [4.69, 9.17) is 9.83 Å². The zero-order valence-corrected chi connectivity index (χ0v) is 16.1. The third kappa shape index (κ3) is 2.85. The van der Waals surface area contributed by atoms with Crippen LogP contribution >= 0.6 is 11.8 Å². The Bertz CT molecular complexity index is 1300. The Morgan fingerprint density at radius 2 is 1.87 bits per heavy atom. The fraction of sp³-hybridized carbons (Fsp3) is 0. The minimum Gasteiger partial charge on any atom is -0.478 e. The molecule has 0 aliphatic carbocycles. The van der Waals surface area contributed by atoms with E-state index in [1.165, 1.54) is 23.9 Å². The molecule has 0 saturated heterocycles. The molecule has 1 aromatic heterocycles. The van der Waals surface area contributed by atoms with Gasteiger partial charge < -0.3 is 9.52 Å². The van der Waals surface area contributed by atoms with E-state index >= 15 is 0 Å². The second kappa shape index (κ2) is 6.85. The van der Waals surface area contributed by atoms with Crippen LogP contribution in [-0.2, 0) is 4.79 Å². The molecule has 30 heavy (non-hydrogen) atoms. The van der Waals surface area contributed by atoms with Crippen LogP contribution < -0.4 is 4.90 Å². The lowest BCUT2D eigenvalue weighted by molar-refractivity contribution is -0.113. The van der Waals surface area contributed by atoms with Crippen LogP contribution in [0.15, 0.2) is 80.5 Å². The van der Waals surface area contributed by atoms with Crippen LogP contribution in [-0.4, -0.2) is 28.0 Å². The first-order valence-corrected chi connectivity index (χ1v) is 9.78. The summed E-state index contributed by atoms with van der Waals surface area (Å²) in [5.74, 6) is -0.863. The Labute approximate surface area is 174 Å². The van der Waals surface area contributed by atoms with Gasteiger partial charge in [-0.05, 0) is 48.2 Å². The summed E-state index contributed by atoms with van der Waals surface area (Å²) in [6.45, 7) is 0. The van der Waals surface area contributed by atoms with Crippen LogP contribution in [0.2, 0.25) is 0 Å². The molecule has 1 amide bonds. The maximum absolute atomic E-state index is 12.6. The van der Waals surface area contributed by atoms with Crippen LogP contribution in [0.3, 0.4) is 0 Å². The van der Waals surface area contributed by atoms with Crippen molar-refractivity contribution in [1.82, 2.24) is 0 Å². The number of fused-ring (bicyclic) bond motifs is 3. The predicted molar refractivity (Wildman–Crippen MR) is 114 cm³/mol. The van der Waals surface area contributed by atoms with Crippen LogP contribution in [0.5, 0.6) is 0 Å². The van der Waals surface area contributed by atoms with Gasteiger partial charge in [0.05, 0.1) is 16.8 Å². The molecule has 0 atom stereocenters. The standard InChI is InChI=1S/C22H13N3O4S/c23-19-15(20(26)24-22-25(19)16-7-3-4-8-18(16)30-22)11-12-9-10-17(29-12)13-5-1-2-6-14(13)21(27)28/h1-11,23H,(H,27,28). The molecule has 2 N–H and O–H groups in total. The highest BCUT2D eigenvalue weighted by Gasteiger charge is 2.37. The van der Waals surface area contributed by atoms with Crippen LogP contribution in [0.1, 0.15) is 16.1 Å². The van der Waals surface area contributed by atoms with Gasteiger partial charge in [-0.25, -0.2) is 4.79 Å². The number of thioether (sulfide) groups is 1. The Kier molecular flexibility index (Phi) is 4.14. The van der Waals surface area contributed by atoms with Crippen molar-refractivity contribution in [1.29, 1.82) is 5.41 Å². The van der Waals surface area contributed by atoms with E-state index in [0.717, 1.165) is 10.6 Å². The number of hydrogen-bond donors (Lipinski definition) is 2. The van der Waals surface area contributed by atoms with Crippen molar-refractivity contribution in [3.05, 3.63) is 77.6 Å². The maximum Gasteiger partial charge on any atom is 0.336 e. The number of amides is 1. The highest BCUT2D eigenvalue weighted by atomic mass is 32.2. The number of nitrogens with zero attached hydrogens (tertiary/aromatic N) is 2. The minimum absolute atomic E-state index is 0.0198. The van der Waals surface area contributed by atoms with E-state index in [0.29, 0.717) is 22.3 Å². The summed E-state index contributed by atoms with van der Waals surface area (Å²) in [4.78, 5) is 30.7. The van der Waals surface area contributed by atoms with E-state index in [-0.39, 0.29) is 17.0 Å². The van der Waals surface area contributed by atoms with Crippen LogP contribution in [0, 0.1) is 5.41 Å². The minimum atomic E-state index is -1.06. The maximum atomic E-state index is 12.6. The van der Waals surface area contributed by atoms with Crippen molar-refractivity contribution in [2.45, 2.75) is 4.90 Å². The molecule has 3 heterocycles. The topological polar surface area (TPSA) is 107 Å². The van der Waals surface area contributed by atoms with Crippen molar-refractivity contribution in [2.24, 2.45) is 4.99 Å². The van der Waals surface area contributed by atoms with Crippen molar-refractivity contribution in [3.63, 3.8) is 0 Å². The molecule has 0 radical (unpaired) electrons. The van der Waals surface area contributed by atoms with E-state index < -0.39 is 11.9 Å². The molecule has 0 spiro atoms. The number of carbonyl (C=O) groups excluding carboxylic acids is 1. The Morgan fingerprint density at radius 3 is 2.70 bits per heavy atom. The molecule has 8 heteroatoms. The van der Waals surface area contributed by atoms with E-state index in [1.807, 2.05) is 24.3 Å². The quantitative estimate of drug-likeness (QED) is 0.610. The number of amidine groups is 2. The molecule has 0 saturated carbocycles. The summed E-state index contributed by atoms with van der Waals surface area (Å²) in [7, 11) is 0. The summed E-state index contributed by atoms with van der Waals surface area (Å²) in [5, 5.41) is 18.4. The zero-order valence-electron chi connectivity index (χ0n) is 15.3. The number of para-hydroxylation sites is 1. The SMILES string of the molecule is N=C1C(=Cc2ccc(-c3ccccc3C(=O)O)o2)C(=O)N=C2Sc3ccccc3N12. The number of hydrogen-bond acceptors (Lipinski definition) is 5. The molecule has 0 bridgehead atoms. The van der Waals surface area contributed by atoms with Gasteiger partial charge in [0, 0.05) is 10.5 Å². The number of rotatable bonds is 3. The second-order valence-corrected chi connectivity index (χ2v) is 7.57.